The molecule has 1 atom stereocenters. The minimum Gasteiger partial charge on any atom is -0.466 e. The second kappa shape index (κ2) is 7.11. The molecule has 1 aromatic carbocycles. The van der Waals surface area contributed by atoms with Gasteiger partial charge in [0, 0.05) is 9.35 Å². The van der Waals surface area contributed by atoms with Gasteiger partial charge in [0.1, 0.15) is 5.76 Å². The average Bonchev–Trinajstić information content (AvgIpc) is 3.28. The van der Waals surface area contributed by atoms with E-state index in [2.05, 4.69) is 21.2 Å². The van der Waals surface area contributed by atoms with Gasteiger partial charge in [0.2, 0.25) is 0 Å². The fourth-order valence-electron chi connectivity index (χ4n) is 2.30. The largest absolute Gasteiger partial charge is 0.466 e. The van der Waals surface area contributed by atoms with E-state index in [-0.39, 0.29) is 12.5 Å². The highest BCUT2D eigenvalue weighted by Crippen LogP contribution is 2.33. The van der Waals surface area contributed by atoms with Gasteiger partial charge in [-0.1, -0.05) is 33.6 Å². The maximum Gasteiger partial charge on any atom is 0.252 e. The molecule has 0 saturated carbocycles. The molecule has 0 aliphatic rings. The molecule has 1 amide bonds. The van der Waals surface area contributed by atoms with E-state index in [1.807, 2.05) is 11.4 Å². The predicted octanol–water partition coefficient (Wildman–Crippen LogP) is 4.42. The lowest BCUT2D eigenvalue weighted by molar-refractivity contribution is 0.0554. The fourth-order valence-corrected chi connectivity index (χ4v) is 3.69. The lowest BCUT2D eigenvalue weighted by atomic mass is 9.98. The third kappa shape index (κ3) is 3.42. The number of thiophene rings is 1. The minimum absolute atomic E-state index is 0.0390. The Hall–Kier alpha value is -1.60. The van der Waals surface area contributed by atoms with Gasteiger partial charge in [-0.2, -0.15) is 0 Å². The number of halogens is 2. The summed E-state index contributed by atoms with van der Waals surface area (Å²) in [5, 5.41) is 16.0. The first-order valence-electron chi connectivity index (χ1n) is 7.04. The molecule has 2 N–H and O–H groups in total. The van der Waals surface area contributed by atoms with E-state index >= 15 is 0 Å². The molecule has 0 aliphatic heterocycles. The Morgan fingerprint density at radius 3 is 2.83 bits per heavy atom. The zero-order valence-corrected chi connectivity index (χ0v) is 15.5. The molecule has 24 heavy (non-hydrogen) atoms. The number of nitrogens with one attached hydrogen (secondary N) is 1. The van der Waals surface area contributed by atoms with E-state index in [1.54, 1.807) is 36.4 Å². The molecule has 3 rings (SSSR count). The van der Waals surface area contributed by atoms with Crippen molar-refractivity contribution in [3.8, 4) is 0 Å². The molecule has 2 heterocycles. The molecule has 7 heteroatoms. The Kier molecular flexibility index (Phi) is 5.10. The average molecular weight is 427 g/mol. The Morgan fingerprint density at radius 2 is 2.17 bits per heavy atom. The van der Waals surface area contributed by atoms with Crippen LogP contribution in [-0.2, 0) is 5.60 Å². The molecule has 0 fully saturated rings. The molecule has 2 aromatic heterocycles. The second-order valence-corrected chi connectivity index (χ2v) is 7.39. The van der Waals surface area contributed by atoms with Gasteiger partial charge in [-0.25, -0.2) is 0 Å². The summed E-state index contributed by atoms with van der Waals surface area (Å²) < 4.78 is 6.12. The number of furan rings is 1. The van der Waals surface area contributed by atoms with E-state index < -0.39 is 5.60 Å². The number of hydrogen-bond acceptors (Lipinski definition) is 4. The van der Waals surface area contributed by atoms with Crippen LogP contribution in [0.1, 0.15) is 21.0 Å². The number of carbonyl (C=O) groups excluding carboxylic acids is 1. The zero-order valence-electron chi connectivity index (χ0n) is 12.3. The van der Waals surface area contributed by atoms with E-state index in [4.69, 9.17) is 16.0 Å². The fraction of sp³-hybridized carbons (Fsp3) is 0.118. The third-order valence-electron chi connectivity index (χ3n) is 3.54. The summed E-state index contributed by atoms with van der Waals surface area (Å²) in [6, 6.07) is 12.0. The topological polar surface area (TPSA) is 62.5 Å². The van der Waals surface area contributed by atoms with E-state index in [0.29, 0.717) is 21.2 Å². The van der Waals surface area contributed by atoms with Gasteiger partial charge in [0.15, 0.2) is 5.60 Å². The summed E-state index contributed by atoms with van der Waals surface area (Å²) in [5.41, 5.74) is -1.11. The van der Waals surface area contributed by atoms with Crippen LogP contribution in [0.15, 0.2) is 63.0 Å². The summed E-state index contributed by atoms with van der Waals surface area (Å²) in [6.45, 7) is -0.0390. The van der Waals surface area contributed by atoms with Crippen molar-refractivity contribution in [2.75, 3.05) is 6.54 Å². The van der Waals surface area contributed by atoms with Crippen LogP contribution < -0.4 is 5.32 Å². The van der Waals surface area contributed by atoms with Crippen LogP contribution in [0, 0.1) is 0 Å². The number of benzene rings is 1. The van der Waals surface area contributed by atoms with Crippen molar-refractivity contribution in [3.05, 3.63) is 79.8 Å². The molecular weight excluding hydrogens is 414 g/mol. The van der Waals surface area contributed by atoms with Gasteiger partial charge < -0.3 is 14.8 Å². The molecular formula is C17H13BrClNO3S. The summed E-state index contributed by atoms with van der Waals surface area (Å²) in [4.78, 5) is 13.1. The highest BCUT2D eigenvalue weighted by Gasteiger charge is 2.36. The molecule has 0 bridgehead atoms. The van der Waals surface area contributed by atoms with Crippen LogP contribution in [0.25, 0.3) is 0 Å². The summed E-state index contributed by atoms with van der Waals surface area (Å²) in [7, 11) is 0. The van der Waals surface area contributed by atoms with E-state index in [0.717, 1.165) is 4.47 Å². The Balaban J connectivity index is 1.85. The van der Waals surface area contributed by atoms with Gasteiger partial charge in [-0.3, -0.25) is 4.79 Å². The maximum absolute atomic E-state index is 12.4. The van der Waals surface area contributed by atoms with Crippen molar-refractivity contribution in [2.24, 2.45) is 0 Å². The smallest absolute Gasteiger partial charge is 0.252 e. The quantitative estimate of drug-likeness (QED) is 0.635. The Bertz CT molecular complexity index is 799. The molecule has 1 unspecified atom stereocenters. The standard InChI is InChI=1S/C17H13BrClNO3S/c18-11-5-6-13(19)12(9-11)16(21)20-10-17(22,14-3-1-7-23-14)15-4-2-8-24-15/h1-9,22H,10H2,(H,20,21). The van der Waals surface area contributed by atoms with Crippen LogP contribution in [0.4, 0.5) is 0 Å². The number of aliphatic hydroxyl groups is 1. The van der Waals surface area contributed by atoms with Gasteiger partial charge in [0.25, 0.3) is 5.91 Å². The minimum atomic E-state index is -1.44. The predicted molar refractivity (Wildman–Crippen MR) is 97.5 cm³/mol. The van der Waals surface area contributed by atoms with Crippen molar-refractivity contribution in [3.63, 3.8) is 0 Å². The van der Waals surface area contributed by atoms with Crippen LogP contribution in [-0.4, -0.2) is 17.6 Å². The summed E-state index contributed by atoms with van der Waals surface area (Å²) in [6.07, 6.45) is 1.49. The van der Waals surface area contributed by atoms with Gasteiger partial charge in [0.05, 0.1) is 23.4 Å². The van der Waals surface area contributed by atoms with Crippen LogP contribution >= 0.6 is 38.9 Å². The van der Waals surface area contributed by atoms with E-state index in [9.17, 15) is 9.90 Å². The first-order valence-corrected chi connectivity index (χ1v) is 9.09. The van der Waals surface area contributed by atoms with Crippen LogP contribution in [0.3, 0.4) is 0 Å². The molecule has 0 spiro atoms. The van der Waals surface area contributed by atoms with Gasteiger partial charge >= 0.3 is 0 Å². The zero-order chi connectivity index (χ0) is 17.2. The van der Waals surface area contributed by atoms with Crippen molar-refractivity contribution in [1.82, 2.24) is 5.32 Å². The number of amides is 1. The Labute approximate surface area is 156 Å². The lowest BCUT2D eigenvalue weighted by Gasteiger charge is -2.25. The molecule has 124 valence electrons. The van der Waals surface area contributed by atoms with E-state index in [1.165, 1.54) is 17.6 Å². The maximum atomic E-state index is 12.4. The molecule has 0 aliphatic carbocycles. The van der Waals surface area contributed by atoms with Crippen molar-refractivity contribution < 1.29 is 14.3 Å². The monoisotopic (exact) mass is 425 g/mol. The normalized spacial score (nSPS) is 13.5. The van der Waals surface area contributed by atoms with Gasteiger partial charge in [-0.15, -0.1) is 11.3 Å². The van der Waals surface area contributed by atoms with Crippen molar-refractivity contribution in [1.29, 1.82) is 0 Å². The highest BCUT2D eigenvalue weighted by molar-refractivity contribution is 9.10. The first kappa shape index (κ1) is 17.2. The number of hydrogen-bond donors (Lipinski definition) is 2. The number of carbonyl (C=O) groups is 1. The SMILES string of the molecule is O=C(NCC(O)(c1ccco1)c1cccs1)c1cc(Br)ccc1Cl. The first-order chi connectivity index (χ1) is 11.5. The molecule has 4 nitrogen and oxygen atoms in total. The van der Waals surface area contributed by atoms with Crippen LogP contribution in [0.5, 0.6) is 0 Å². The third-order valence-corrected chi connectivity index (χ3v) is 5.38. The van der Waals surface area contributed by atoms with Crippen LogP contribution in [0.2, 0.25) is 5.02 Å². The molecule has 0 radical (unpaired) electrons. The molecule has 3 aromatic rings. The summed E-state index contributed by atoms with van der Waals surface area (Å²) >= 11 is 10.8. The van der Waals surface area contributed by atoms with Gasteiger partial charge in [-0.05, 0) is 41.8 Å². The number of rotatable bonds is 5. The molecule has 0 saturated heterocycles. The summed E-state index contributed by atoms with van der Waals surface area (Å²) in [5.74, 6) is -0.00609. The highest BCUT2D eigenvalue weighted by atomic mass is 79.9. The Morgan fingerprint density at radius 1 is 1.33 bits per heavy atom. The lowest BCUT2D eigenvalue weighted by Crippen LogP contribution is -2.41. The van der Waals surface area contributed by atoms with Crippen molar-refractivity contribution in [2.45, 2.75) is 5.60 Å². The van der Waals surface area contributed by atoms with Crippen molar-refractivity contribution >= 4 is 44.8 Å². The second-order valence-electron chi connectivity index (χ2n) is 5.12.